The molecular formula is C12H23NO2. The predicted molar refractivity (Wildman–Crippen MR) is 60.9 cm³/mol. The summed E-state index contributed by atoms with van der Waals surface area (Å²) in [5.74, 6) is 0.147. The lowest BCUT2D eigenvalue weighted by atomic mass is 9.98. The highest BCUT2D eigenvalue weighted by Crippen LogP contribution is 2.22. The van der Waals surface area contributed by atoms with Crippen LogP contribution in [0.1, 0.15) is 46.0 Å². The monoisotopic (exact) mass is 213 g/mol. The Hall–Kier alpha value is -0.570. The minimum Gasteiger partial charge on any atom is -0.480 e. The number of carboxylic acid groups (broad SMARTS) is 1. The van der Waals surface area contributed by atoms with Gasteiger partial charge in [0.1, 0.15) is 6.04 Å². The number of nitrogens with zero attached hydrogens (tertiary/aromatic N) is 1. The van der Waals surface area contributed by atoms with Crippen molar-refractivity contribution >= 4 is 5.97 Å². The summed E-state index contributed by atoms with van der Waals surface area (Å²) in [6.07, 6.45) is 5.54. The van der Waals surface area contributed by atoms with Crippen molar-refractivity contribution in [2.24, 2.45) is 5.92 Å². The predicted octanol–water partition coefficient (Wildman–Crippen LogP) is 2.36. The van der Waals surface area contributed by atoms with Crippen LogP contribution in [0.5, 0.6) is 0 Å². The molecule has 1 heterocycles. The van der Waals surface area contributed by atoms with Crippen LogP contribution in [0.15, 0.2) is 0 Å². The molecule has 0 spiro atoms. The van der Waals surface area contributed by atoms with Crippen molar-refractivity contribution < 1.29 is 9.90 Å². The van der Waals surface area contributed by atoms with E-state index in [1.165, 1.54) is 19.3 Å². The van der Waals surface area contributed by atoms with Gasteiger partial charge >= 0.3 is 5.97 Å². The second-order valence-electron chi connectivity index (χ2n) is 4.50. The van der Waals surface area contributed by atoms with Gasteiger partial charge in [-0.05, 0) is 44.7 Å². The molecular weight excluding hydrogens is 190 g/mol. The molecule has 88 valence electrons. The highest BCUT2D eigenvalue weighted by Gasteiger charge is 2.25. The summed E-state index contributed by atoms with van der Waals surface area (Å²) in [4.78, 5) is 13.2. The lowest BCUT2D eigenvalue weighted by molar-refractivity contribution is -0.143. The van der Waals surface area contributed by atoms with E-state index in [-0.39, 0.29) is 6.04 Å². The van der Waals surface area contributed by atoms with Crippen LogP contribution in [0.25, 0.3) is 0 Å². The molecule has 0 aromatic rings. The third kappa shape index (κ3) is 3.49. The van der Waals surface area contributed by atoms with Crippen molar-refractivity contribution in [2.45, 2.75) is 52.0 Å². The smallest absolute Gasteiger partial charge is 0.320 e. The molecule has 15 heavy (non-hydrogen) atoms. The van der Waals surface area contributed by atoms with Crippen LogP contribution in [-0.2, 0) is 4.79 Å². The van der Waals surface area contributed by atoms with Crippen molar-refractivity contribution in [2.75, 3.05) is 13.1 Å². The summed E-state index contributed by atoms with van der Waals surface area (Å²) >= 11 is 0. The number of hydrogen-bond donors (Lipinski definition) is 1. The second-order valence-corrected chi connectivity index (χ2v) is 4.50. The van der Waals surface area contributed by atoms with E-state index in [1.807, 2.05) is 6.92 Å². The maximum Gasteiger partial charge on any atom is 0.320 e. The topological polar surface area (TPSA) is 40.5 Å². The average molecular weight is 213 g/mol. The molecule has 1 aliphatic rings. The highest BCUT2D eigenvalue weighted by atomic mass is 16.4. The summed E-state index contributed by atoms with van der Waals surface area (Å²) in [5, 5.41) is 9.10. The fourth-order valence-corrected chi connectivity index (χ4v) is 2.50. The van der Waals surface area contributed by atoms with E-state index in [9.17, 15) is 4.79 Å². The van der Waals surface area contributed by atoms with Gasteiger partial charge in [-0.1, -0.05) is 20.3 Å². The molecule has 2 atom stereocenters. The van der Waals surface area contributed by atoms with E-state index in [2.05, 4.69) is 11.8 Å². The Kier molecular flexibility index (Phi) is 5.09. The van der Waals surface area contributed by atoms with Gasteiger partial charge < -0.3 is 5.11 Å². The first-order valence-electron chi connectivity index (χ1n) is 6.15. The van der Waals surface area contributed by atoms with E-state index < -0.39 is 5.97 Å². The van der Waals surface area contributed by atoms with E-state index >= 15 is 0 Å². The fraction of sp³-hybridized carbons (Fsp3) is 0.917. The zero-order valence-corrected chi connectivity index (χ0v) is 9.91. The first kappa shape index (κ1) is 12.5. The van der Waals surface area contributed by atoms with E-state index in [1.54, 1.807) is 0 Å². The minimum absolute atomic E-state index is 0.263. The Labute approximate surface area is 92.5 Å². The summed E-state index contributed by atoms with van der Waals surface area (Å²) in [6.45, 7) is 6.11. The fourth-order valence-electron chi connectivity index (χ4n) is 2.50. The second kappa shape index (κ2) is 6.11. The van der Waals surface area contributed by atoms with Crippen molar-refractivity contribution in [3.8, 4) is 0 Å². The van der Waals surface area contributed by atoms with E-state index in [0.29, 0.717) is 6.42 Å². The summed E-state index contributed by atoms with van der Waals surface area (Å²) < 4.78 is 0. The average Bonchev–Trinajstić information content (AvgIpc) is 2.44. The van der Waals surface area contributed by atoms with Gasteiger partial charge in [0, 0.05) is 0 Å². The van der Waals surface area contributed by atoms with Gasteiger partial charge in [0.05, 0.1) is 0 Å². The largest absolute Gasteiger partial charge is 0.480 e. The highest BCUT2D eigenvalue weighted by molar-refractivity contribution is 5.73. The molecule has 0 radical (unpaired) electrons. The summed E-state index contributed by atoms with van der Waals surface area (Å²) in [5.41, 5.74) is 0. The molecule has 0 saturated carbocycles. The van der Waals surface area contributed by atoms with Crippen LogP contribution < -0.4 is 0 Å². The zero-order chi connectivity index (χ0) is 11.3. The van der Waals surface area contributed by atoms with Crippen LogP contribution in [-0.4, -0.2) is 35.1 Å². The van der Waals surface area contributed by atoms with Crippen molar-refractivity contribution in [3.05, 3.63) is 0 Å². The maximum absolute atomic E-state index is 11.1. The number of carboxylic acids is 1. The van der Waals surface area contributed by atoms with E-state index in [0.717, 1.165) is 25.4 Å². The molecule has 1 fully saturated rings. The Balaban J connectivity index is 2.51. The maximum atomic E-state index is 11.1. The van der Waals surface area contributed by atoms with Gasteiger partial charge in [-0.2, -0.15) is 0 Å². The normalized spacial score (nSPS) is 25.9. The molecule has 1 N–H and O–H groups in total. The molecule has 3 heteroatoms. The zero-order valence-electron chi connectivity index (χ0n) is 9.91. The molecule has 1 rings (SSSR count). The standard InChI is InChI=1S/C12H23NO2/c1-3-10-6-5-8-13(9-7-10)11(4-2)12(14)15/h10-11H,3-9H2,1-2H3,(H,14,15). The SMILES string of the molecule is CCC1CCCN(C(CC)C(=O)O)CC1. The molecule has 1 saturated heterocycles. The molecule has 0 aromatic carbocycles. The van der Waals surface area contributed by atoms with Gasteiger partial charge in [0.25, 0.3) is 0 Å². The lowest BCUT2D eigenvalue weighted by Gasteiger charge is -2.26. The van der Waals surface area contributed by atoms with Gasteiger partial charge in [0.15, 0.2) is 0 Å². The van der Waals surface area contributed by atoms with Crippen LogP contribution in [0, 0.1) is 5.92 Å². The molecule has 0 bridgehead atoms. The van der Waals surface area contributed by atoms with Crippen LogP contribution in [0.3, 0.4) is 0 Å². The molecule has 2 unspecified atom stereocenters. The van der Waals surface area contributed by atoms with Crippen molar-refractivity contribution in [1.29, 1.82) is 0 Å². The van der Waals surface area contributed by atoms with Gasteiger partial charge in [0.2, 0.25) is 0 Å². The first-order valence-corrected chi connectivity index (χ1v) is 6.15. The Morgan fingerprint density at radius 3 is 2.67 bits per heavy atom. The Morgan fingerprint density at radius 2 is 2.13 bits per heavy atom. The molecule has 1 aliphatic heterocycles. The summed E-state index contributed by atoms with van der Waals surface area (Å²) in [7, 11) is 0. The molecule has 0 amide bonds. The lowest BCUT2D eigenvalue weighted by Crippen LogP contribution is -2.41. The number of rotatable bonds is 4. The Morgan fingerprint density at radius 1 is 1.40 bits per heavy atom. The van der Waals surface area contributed by atoms with Gasteiger partial charge in [-0.3, -0.25) is 9.69 Å². The molecule has 3 nitrogen and oxygen atoms in total. The van der Waals surface area contributed by atoms with Crippen LogP contribution >= 0.6 is 0 Å². The van der Waals surface area contributed by atoms with Crippen LogP contribution in [0.4, 0.5) is 0 Å². The third-order valence-electron chi connectivity index (χ3n) is 3.57. The number of hydrogen-bond acceptors (Lipinski definition) is 2. The number of carbonyl (C=O) groups is 1. The van der Waals surface area contributed by atoms with Gasteiger partial charge in [-0.25, -0.2) is 0 Å². The van der Waals surface area contributed by atoms with E-state index in [4.69, 9.17) is 5.11 Å². The number of aliphatic carboxylic acids is 1. The first-order chi connectivity index (χ1) is 7.19. The van der Waals surface area contributed by atoms with Gasteiger partial charge in [-0.15, -0.1) is 0 Å². The quantitative estimate of drug-likeness (QED) is 0.779. The minimum atomic E-state index is -0.660. The summed E-state index contributed by atoms with van der Waals surface area (Å²) in [6, 6.07) is -0.263. The molecule has 0 aliphatic carbocycles. The molecule has 0 aromatic heterocycles. The van der Waals surface area contributed by atoms with Crippen LogP contribution in [0.2, 0.25) is 0 Å². The van der Waals surface area contributed by atoms with Crippen molar-refractivity contribution in [3.63, 3.8) is 0 Å². The van der Waals surface area contributed by atoms with Crippen molar-refractivity contribution in [1.82, 2.24) is 4.90 Å². The number of likely N-dealkylation sites (tertiary alicyclic amines) is 1. The Bertz CT molecular complexity index is 206. The third-order valence-corrected chi connectivity index (χ3v) is 3.57.